The molecule has 24 heavy (non-hydrogen) atoms. The third kappa shape index (κ3) is 5.21. The Labute approximate surface area is 138 Å². The van der Waals surface area contributed by atoms with Crippen LogP contribution in [0, 0.1) is 17.1 Å². The number of carbonyl (C=O) groups is 2. The van der Waals surface area contributed by atoms with Gasteiger partial charge in [0.05, 0.1) is 11.3 Å². The number of nitrogens with zero attached hydrogens (tertiary/aromatic N) is 1. The van der Waals surface area contributed by atoms with Crippen LogP contribution in [0.2, 0.25) is 0 Å². The summed E-state index contributed by atoms with van der Waals surface area (Å²) in [5.74, 6) is -1.38. The summed E-state index contributed by atoms with van der Waals surface area (Å²) in [6.07, 6.45) is 0.492. The highest BCUT2D eigenvalue weighted by Crippen LogP contribution is 2.13. The van der Waals surface area contributed by atoms with Crippen LogP contribution in [0.25, 0.3) is 0 Å². The molecule has 0 heterocycles. The van der Waals surface area contributed by atoms with Gasteiger partial charge in [-0.1, -0.05) is 24.3 Å². The first-order valence-electron chi connectivity index (χ1n) is 7.27. The minimum Gasteiger partial charge on any atom is -0.456 e. The average molecular weight is 326 g/mol. The van der Waals surface area contributed by atoms with Gasteiger partial charge in [0.25, 0.3) is 5.91 Å². The Balaban J connectivity index is 1.76. The molecule has 0 fully saturated rings. The fourth-order valence-electron chi connectivity index (χ4n) is 1.99. The van der Waals surface area contributed by atoms with Gasteiger partial charge in [-0.3, -0.25) is 9.59 Å². The molecule has 0 bridgehead atoms. The lowest BCUT2D eigenvalue weighted by molar-refractivity contribution is -0.147. The van der Waals surface area contributed by atoms with Gasteiger partial charge >= 0.3 is 5.97 Å². The third-order valence-electron chi connectivity index (χ3n) is 3.22. The van der Waals surface area contributed by atoms with Crippen LogP contribution in [-0.4, -0.2) is 18.5 Å². The van der Waals surface area contributed by atoms with Crippen molar-refractivity contribution < 1.29 is 18.7 Å². The molecule has 0 saturated heterocycles. The topological polar surface area (TPSA) is 79.2 Å². The van der Waals surface area contributed by atoms with Crippen LogP contribution in [0.4, 0.5) is 10.1 Å². The normalized spacial score (nSPS) is 9.83. The zero-order valence-corrected chi connectivity index (χ0v) is 12.8. The van der Waals surface area contributed by atoms with Crippen LogP contribution in [0.3, 0.4) is 0 Å². The number of carbonyl (C=O) groups excluding carboxylic acids is 2. The molecular weight excluding hydrogens is 311 g/mol. The van der Waals surface area contributed by atoms with Gasteiger partial charge in [0, 0.05) is 6.42 Å². The minimum atomic E-state index is -0.525. The number of nitrogens with one attached hydrogen (secondary N) is 1. The third-order valence-corrected chi connectivity index (χ3v) is 3.22. The number of ether oxygens (including phenoxy) is 1. The van der Waals surface area contributed by atoms with E-state index in [1.807, 2.05) is 6.07 Å². The van der Waals surface area contributed by atoms with E-state index in [0.717, 1.165) is 5.56 Å². The van der Waals surface area contributed by atoms with Crippen molar-refractivity contribution in [1.29, 1.82) is 5.26 Å². The predicted molar refractivity (Wildman–Crippen MR) is 85.5 cm³/mol. The molecular formula is C18H15FN2O3. The molecule has 0 atom stereocenters. The quantitative estimate of drug-likeness (QED) is 0.828. The molecule has 0 unspecified atom stereocenters. The second-order valence-corrected chi connectivity index (χ2v) is 4.99. The number of nitriles is 1. The van der Waals surface area contributed by atoms with Crippen LogP contribution in [0.5, 0.6) is 0 Å². The maximum absolute atomic E-state index is 12.8. The first-order valence-corrected chi connectivity index (χ1v) is 7.27. The summed E-state index contributed by atoms with van der Waals surface area (Å²) in [5, 5.41) is 11.5. The van der Waals surface area contributed by atoms with E-state index >= 15 is 0 Å². The molecule has 0 aromatic heterocycles. The molecule has 0 aliphatic rings. The fraction of sp³-hybridized carbons (Fsp3) is 0.167. The molecule has 2 aromatic rings. The predicted octanol–water partition coefficient (Wildman–Crippen LogP) is 2.81. The number of rotatable bonds is 6. The first kappa shape index (κ1) is 17.2. The second kappa shape index (κ2) is 8.44. The lowest BCUT2D eigenvalue weighted by Crippen LogP contribution is -2.21. The number of anilines is 1. The molecule has 5 nitrogen and oxygen atoms in total. The lowest BCUT2D eigenvalue weighted by Gasteiger charge is -2.08. The van der Waals surface area contributed by atoms with Crippen molar-refractivity contribution in [3.63, 3.8) is 0 Å². The van der Waals surface area contributed by atoms with Crippen molar-refractivity contribution in [3.05, 3.63) is 65.5 Å². The van der Waals surface area contributed by atoms with Crippen LogP contribution in [0.15, 0.2) is 48.5 Å². The van der Waals surface area contributed by atoms with Crippen LogP contribution in [0.1, 0.15) is 17.5 Å². The van der Waals surface area contributed by atoms with Crippen molar-refractivity contribution in [1.82, 2.24) is 0 Å². The van der Waals surface area contributed by atoms with E-state index in [2.05, 4.69) is 5.32 Å². The lowest BCUT2D eigenvalue weighted by atomic mass is 10.1. The van der Waals surface area contributed by atoms with Crippen LogP contribution < -0.4 is 5.32 Å². The highest BCUT2D eigenvalue weighted by atomic mass is 19.1. The van der Waals surface area contributed by atoms with Gasteiger partial charge in [-0.2, -0.15) is 5.26 Å². The number of amides is 1. The Morgan fingerprint density at radius 1 is 1.12 bits per heavy atom. The van der Waals surface area contributed by atoms with Crippen molar-refractivity contribution in [2.45, 2.75) is 12.8 Å². The number of hydrogen-bond acceptors (Lipinski definition) is 4. The number of hydrogen-bond donors (Lipinski definition) is 1. The minimum absolute atomic E-state index is 0.0910. The Morgan fingerprint density at radius 3 is 2.54 bits per heavy atom. The average Bonchev–Trinajstić information content (AvgIpc) is 2.60. The summed E-state index contributed by atoms with van der Waals surface area (Å²) < 4.78 is 17.7. The van der Waals surface area contributed by atoms with Gasteiger partial charge in [0.15, 0.2) is 6.61 Å². The van der Waals surface area contributed by atoms with Crippen LogP contribution in [-0.2, 0) is 20.7 Å². The smallest absolute Gasteiger partial charge is 0.306 e. The number of esters is 1. The summed E-state index contributed by atoms with van der Waals surface area (Å²) in [7, 11) is 0. The number of aryl methyl sites for hydroxylation is 1. The Hall–Kier alpha value is -3.20. The SMILES string of the molecule is N#Cc1ccccc1NC(=O)COC(=O)CCc1ccc(F)cc1. The summed E-state index contributed by atoms with van der Waals surface area (Å²) in [6.45, 7) is -0.429. The maximum Gasteiger partial charge on any atom is 0.306 e. The van der Waals surface area contributed by atoms with Gasteiger partial charge in [-0.05, 0) is 36.2 Å². The first-order chi connectivity index (χ1) is 11.6. The molecule has 6 heteroatoms. The van der Waals surface area contributed by atoms with E-state index < -0.39 is 18.5 Å². The van der Waals surface area contributed by atoms with Gasteiger partial charge in [0.1, 0.15) is 11.9 Å². The van der Waals surface area contributed by atoms with E-state index in [9.17, 15) is 14.0 Å². The summed E-state index contributed by atoms with van der Waals surface area (Å²) in [5.41, 5.74) is 1.50. The van der Waals surface area contributed by atoms with E-state index in [1.165, 1.54) is 12.1 Å². The molecule has 0 aliphatic carbocycles. The van der Waals surface area contributed by atoms with Crippen molar-refractivity contribution >= 4 is 17.6 Å². The largest absolute Gasteiger partial charge is 0.456 e. The molecule has 1 N–H and O–H groups in total. The summed E-state index contributed by atoms with van der Waals surface area (Å²) in [4.78, 5) is 23.4. The molecule has 0 radical (unpaired) electrons. The van der Waals surface area contributed by atoms with Gasteiger partial charge in [-0.15, -0.1) is 0 Å². The zero-order valence-electron chi connectivity index (χ0n) is 12.8. The number of benzene rings is 2. The molecule has 2 rings (SSSR count). The van der Waals surface area contributed by atoms with Gasteiger partial charge in [-0.25, -0.2) is 4.39 Å². The maximum atomic E-state index is 12.8. The molecule has 0 spiro atoms. The standard InChI is InChI=1S/C18H15FN2O3/c19-15-8-5-13(6-9-15)7-10-18(23)24-12-17(22)21-16-4-2-1-3-14(16)11-20/h1-6,8-9H,7,10,12H2,(H,21,22). The Bertz CT molecular complexity index is 767. The molecule has 122 valence electrons. The monoisotopic (exact) mass is 326 g/mol. The van der Waals surface area contributed by atoms with Crippen molar-refractivity contribution in [3.8, 4) is 6.07 Å². The van der Waals surface area contributed by atoms with Crippen LogP contribution >= 0.6 is 0 Å². The van der Waals surface area contributed by atoms with Crippen molar-refractivity contribution in [2.24, 2.45) is 0 Å². The molecule has 2 aromatic carbocycles. The molecule has 0 saturated carbocycles. The second-order valence-electron chi connectivity index (χ2n) is 4.99. The molecule has 0 aliphatic heterocycles. The zero-order chi connectivity index (χ0) is 17.4. The van der Waals surface area contributed by atoms with E-state index in [4.69, 9.17) is 10.00 Å². The Kier molecular flexibility index (Phi) is 6.03. The fourth-order valence-corrected chi connectivity index (χ4v) is 1.99. The van der Waals surface area contributed by atoms with E-state index in [-0.39, 0.29) is 12.2 Å². The van der Waals surface area contributed by atoms with E-state index in [1.54, 1.807) is 36.4 Å². The number of halogens is 1. The molecule has 1 amide bonds. The summed E-state index contributed by atoms with van der Waals surface area (Å²) in [6, 6.07) is 14.3. The highest BCUT2D eigenvalue weighted by Gasteiger charge is 2.10. The van der Waals surface area contributed by atoms with Gasteiger partial charge in [0.2, 0.25) is 0 Å². The van der Waals surface area contributed by atoms with Gasteiger partial charge < -0.3 is 10.1 Å². The van der Waals surface area contributed by atoms with Crippen molar-refractivity contribution in [2.75, 3.05) is 11.9 Å². The van der Waals surface area contributed by atoms with E-state index in [0.29, 0.717) is 17.7 Å². The highest BCUT2D eigenvalue weighted by molar-refractivity contribution is 5.93. The summed E-state index contributed by atoms with van der Waals surface area (Å²) >= 11 is 0. The Morgan fingerprint density at radius 2 is 1.83 bits per heavy atom. The number of para-hydroxylation sites is 1.